The highest BCUT2D eigenvalue weighted by Gasteiger charge is 2.10. The van der Waals surface area contributed by atoms with Gasteiger partial charge >= 0.3 is 0 Å². The summed E-state index contributed by atoms with van der Waals surface area (Å²) in [6, 6.07) is 16.4. The zero-order valence-corrected chi connectivity index (χ0v) is 14.3. The molecule has 0 aromatic heterocycles. The summed E-state index contributed by atoms with van der Waals surface area (Å²) in [5, 5.41) is 2.58. The van der Waals surface area contributed by atoms with Gasteiger partial charge in [0.2, 0.25) is 0 Å². The van der Waals surface area contributed by atoms with Crippen LogP contribution >= 0.6 is 0 Å². The second-order valence-electron chi connectivity index (χ2n) is 5.89. The summed E-state index contributed by atoms with van der Waals surface area (Å²) < 4.78 is 0. The average molecular weight is 310 g/mol. The minimum atomic E-state index is -0.0300. The Morgan fingerprint density at radius 1 is 1.09 bits per heavy atom. The lowest BCUT2D eigenvalue weighted by molar-refractivity contribution is 0.0963. The Labute approximate surface area is 139 Å². The third-order valence-corrected chi connectivity index (χ3v) is 4.17. The Balaban J connectivity index is 0.000000167. The number of rotatable bonds is 2. The van der Waals surface area contributed by atoms with E-state index in [1.807, 2.05) is 24.3 Å². The number of carbonyl (C=O) groups excluding carboxylic acids is 1. The number of carbonyl (C=O) groups is 1. The van der Waals surface area contributed by atoms with Crippen LogP contribution in [0, 0.1) is 0 Å². The molecule has 0 bridgehead atoms. The van der Waals surface area contributed by atoms with Gasteiger partial charge in [0.15, 0.2) is 0 Å². The molecule has 1 aliphatic heterocycles. The van der Waals surface area contributed by atoms with Gasteiger partial charge in [0.1, 0.15) is 0 Å². The lowest BCUT2D eigenvalue weighted by Crippen LogP contribution is -2.26. The highest BCUT2D eigenvalue weighted by molar-refractivity contribution is 5.93. The molecule has 0 spiro atoms. The van der Waals surface area contributed by atoms with E-state index < -0.39 is 0 Å². The van der Waals surface area contributed by atoms with Gasteiger partial charge in [0.25, 0.3) is 5.91 Å². The predicted octanol–water partition coefficient (Wildman–Crippen LogP) is 3.28. The number of hydrogen-bond donors (Lipinski definition) is 1. The molecule has 3 rings (SSSR count). The summed E-state index contributed by atoms with van der Waals surface area (Å²) in [6.07, 6.45) is 2.22. The minimum Gasteiger partial charge on any atom is -0.355 e. The maximum atomic E-state index is 11.1. The number of nitrogens with one attached hydrogen (secondary N) is 1. The highest BCUT2D eigenvalue weighted by Crippen LogP contribution is 2.16. The van der Waals surface area contributed by atoms with Crippen molar-refractivity contribution in [2.24, 2.45) is 0 Å². The molecular formula is C20H26N2O. The van der Waals surface area contributed by atoms with E-state index in [2.05, 4.69) is 48.5 Å². The first kappa shape index (κ1) is 17.2. The van der Waals surface area contributed by atoms with Gasteiger partial charge in [-0.1, -0.05) is 43.3 Å². The number of nitrogens with zero attached hydrogens (tertiary/aromatic N) is 1. The van der Waals surface area contributed by atoms with Crippen molar-refractivity contribution in [3.8, 4) is 0 Å². The monoisotopic (exact) mass is 310 g/mol. The summed E-state index contributed by atoms with van der Waals surface area (Å²) in [5.41, 5.74) is 5.00. The SMILES string of the molecule is CCc1ccc(C(=O)NC)cc1.CN1CCc2ccccc2C1. The van der Waals surface area contributed by atoms with E-state index >= 15 is 0 Å². The lowest BCUT2D eigenvalue weighted by Gasteiger charge is -2.24. The highest BCUT2D eigenvalue weighted by atomic mass is 16.1. The number of fused-ring (bicyclic) bond motifs is 1. The molecule has 0 atom stereocenters. The number of likely N-dealkylation sites (N-methyl/N-ethyl adjacent to an activating group) is 1. The van der Waals surface area contributed by atoms with Crippen LogP contribution in [0.2, 0.25) is 0 Å². The number of amides is 1. The molecule has 1 amide bonds. The van der Waals surface area contributed by atoms with Gasteiger partial charge < -0.3 is 10.2 Å². The zero-order valence-electron chi connectivity index (χ0n) is 14.3. The Morgan fingerprint density at radius 3 is 2.35 bits per heavy atom. The summed E-state index contributed by atoms with van der Waals surface area (Å²) in [7, 11) is 3.81. The molecule has 2 aromatic carbocycles. The molecule has 0 saturated carbocycles. The van der Waals surface area contributed by atoms with Crippen LogP contribution in [0.1, 0.15) is 34.0 Å². The van der Waals surface area contributed by atoms with E-state index in [1.54, 1.807) is 7.05 Å². The van der Waals surface area contributed by atoms with Crippen LogP contribution in [0.25, 0.3) is 0 Å². The van der Waals surface area contributed by atoms with Crippen LogP contribution < -0.4 is 5.32 Å². The van der Waals surface area contributed by atoms with Crippen molar-refractivity contribution < 1.29 is 4.79 Å². The van der Waals surface area contributed by atoms with Crippen molar-refractivity contribution in [1.29, 1.82) is 0 Å². The molecule has 0 fully saturated rings. The summed E-state index contributed by atoms with van der Waals surface area (Å²) in [6.45, 7) is 4.42. The Hall–Kier alpha value is -2.13. The van der Waals surface area contributed by atoms with Gasteiger partial charge in [-0.25, -0.2) is 0 Å². The molecule has 1 aliphatic rings. The molecule has 0 aliphatic carbocycles. The van der Waals surface area contributed by atoms with Crippen LogP contribution in [-0.2, 0) is 19.4 Å². The van der Waals surface area contributed by atoms with Crippen molar-refractivity contribution in [2.75, 3.05) is 20.6 Å². The molecule has 1 heterocycles. The standard InChI is InChI=1S/C10H13NO.C10H13N/c1-3-8-4-6-9(7-5-8)10(12)11-2;1-11-7-6-9-4-2-3-5-10(9)8-11/h4-7H,3H2,1-2H3,(H,11,12);2-5H,6-8H2,1H3. The third kappa shape index (κ3) is 4.93. The molecular weight excluding hydrogens is 284 g/mol. The van der Waals surface area contributed by atoms with Crippen LogP contribution in [0.4, 0.5) is 0 Å². The van der Waals surface area contributed by atoms with Crippen molar-refractivity contribution in [1.82, 2.24) is 10.2 Å². The topological polar surface area (TPSA) is 32.3 Å². The van der Waals surface area contributed by atoms with Gasteiger partial charge in [-0.15, -0.1) is 0 Å². The fourth-order valence-corrected chi connectivity index (χ4v) is 2.67. The molecule has 0 unspecified atom stereocenters. The summed E-state index contributed by atoms with van der Waals surface area (Å²) in [4.78, 5) is 13.5. The van der Waals surface area contributed by atoms with Gasteiger partial charge in [0.05, 0.1) is 0 Å². The predicted molar refractivity (Wildman–Crippen MR) is 95.7 cm³/mol. The van der Waals surface area contributed by atoms with Gasteiger partial charge in [0, 0.05) is 25.7 Å². The Morgan fingerprint density at radius 2 is 1.74 bits per heavy atom. The Kier molecular flexibility index (Phi) is 6.36. The number of hydrogen-bond acceptors (Lipinski definition) is 2. The van der Waals surface area contributed by atoms with E-state index in [-0.39, 0.29) is 5.91 Å². The van der Waals surface area contributed by atoms with E-state index in [0.717, 1.165) is 18.5 Å². The number of benzene rings is 2. The van der Waals surface area contributed by atoms with Crippen molar-refractivity contribution >= 4 is 5.91 Å². The summed E-state index contributed by atoms with van der Waals surface area (Å²) in [5.74, 6) is -0.0300. The molecule has 0 radical (unpaired) electrons. The van der Waals surface area contributed by atoms with Crippen molar-refractivity contribution in [3.63, 3.8) is 0 Å². The summed E-state index contributed by atoms with van der Waals surface area (Å²) >= 11 is 0. The molecule has 122 valence electrons. The van der Waals surface area contributed by atoms with Crippen LogP contribution in [0.3, 0.4) is 0 Å². The van der Waals surface area contributed by atoms with Gasteiger partial charge in [-0.05, 0) is 48.7 Å². The molecule has 1 N–H and O–H groups in total. The molecule has 2 aromatic rings. The maximum Gasteiger partial charge on any atom is 0.251 e. The quantitative estimate of drug-likeness (QED) is 0.923. The van der Waals surface area contributed by atoms with Crippen LogP contribution in [0.5, 0.6) is 0 Å². The molecule has 23 heavy (non-hydrogen) atoms. The van der Waals surface area contributed by atoms with Gasteiger partial charge in [-0.3, -0.25) is 4.79 Å². The van der Waals surface area contributed by atoms with Gasteiger partial charge in [-0.2, -0.15) is 0 Å². The zero-order chi connectivity index (χ0) is 16.7. The van der Waals surface area contributed by atoms with E-state index in [4.69, 9.17) is 0 Å². The third-order valence-electron chi connectivity index (χ3n) is 4.17. The number of aryl methyl sites for hydroxylation is 1. The second-order valence-corrected chi connectivity index (χ2v) is 5.89. The smallest absolute Gasteiger partial charge is 0.251 e. The first-order valence-electron chi connectivity index (χ1n) is 8.20. The normalized spacial score (nSPS) is 13.5. The minimum absolute atomic E-state index is 0.0300. The average Bonchev–Trinajstić information content (AvgIpc) is 2.61. The van der Waals surface area contributed by atoms with Crippen LogP contribution in [-0.4, -0.2) is 31.4 Å². The fraction of sp³-hybridized carbons (Fsp3) is 0.350. The molecule has 3 heteroatoms. The fourth-order valence-electron chi connectivity index (χ4n) is 2.67. The second kappa shape index (κ2) is 8.49. The van der Waals surface area contributed by atoms with Crippen molar-refractivity contribution in [3.05, 3.63) is 70.8 Å². The lowest BCUT2D eigenvalue weighted by atomic mass is 10.0. The van der Waals surface area contributed by atoms with E-state index in [9.17, 15) is 4.79 Å². The van der Waals surface area contributed by atoms with E-state index in [0.29, 0.717) is 0 Å². The van der Waals surface area contributed by atoms with Crippen molar-refractivity contribution in [2.45, 2.75) is 26.3 Å². The maximum absolute atomic E-state index is 11.1. The Bertz CT molecular complexity index is 634. The van der Waals surface area contributed by atoms with E-state index in [1.165, 1.54) is 29.7 Å². The van der Waals surface area contributed by atoms with Crippen LogP contribution in [0.15, 0.2) is 48.5 Å². The largest absolute Gasteiger partial charge is 0.355 e. The first-order chi connectivity index (χ1) is 11.1. The first-order valence-corrected chi connectivity index (χ1v) is 8.20. The molecule has 0 saturated heterocycles. The molecule has 3 nitrogen and oxygen atoms in total.